The Morgan fingerprint density at radius 2 is 1.30 bits per heavy atom. The van der Waals surface area contributed by atoms with E-state index >= 15 is 0 Å². The van der Waals surface area contributed by atoms with E-state index < -0.39 is 0 Å². The lowest BCUT2D eigenvalue weighted by Crippen LogP contribution is -2.20. The predicted molar refractivity (Wildman–Crippen MR) is 87.8 cm³/mol. The van der Waals surface area contributed by atoms with Crippen molar-refractivity contribution >= 4 is 11.4 Å². The second-order valence-electron chi connectivity index (χ2n) is 6.28. The summed E-state index contributed by atoms with van der Waals surface area (Å²) in [5.41, 5.74) is 15.9. The zero-order chi connectivity index (χ0) is 14.8. The van der Waals surface area contributed by atoms with Gasteiger partial charge in [-0.2, -0.15) is 0 Å². The molecular formula is C18H24N2. The third kappa shape index (κ3) is 3.32. The first kappa shape index (κ1) is 14.4. The highest BCUT2D eigenvalue weighted by atomic mass is 14.5. The van der Waals surface area contributed by atoms with Crippen LogP contribution < -0.4 is 11.5 Å². The standard InChI is InChI=1S/C18H24N2/c1-13(14-4-8-16(19)9-5-14)12-18(2,3)15-6-10-17(20)11-7-15/h4-11,13H,12,19-20H2,1-3H3. The van der Waals surface area contributed by atoms with Gasteiger partial charge in [0.1, 0.15) is 0 Å². The fourth-order valence-electron chi connectivity index (χ4n) is 2.76. The Bertz CT molecular complexity index is 553. The zero-order valence-corrected chi connectivity index (χ0v) is 12.6. The Labute approximate surface area is 121 Å². The van der Waals surface area contributed by atoms with Gasteiger partial charge >= 0.3 is 0 Å². The molecule has 0 fully saturated rings. The topological polar surface area (TPSA) is 52.0 Å². The summed E-state index contributed by atoms with van der Waals surface area (Å²) in [5, 5.41) is 0. The van der Waals surface area contributed by atoms with Crippen molar-refractivity contribution in [2.75, 3.05) is 11.5 Å². The van der Waals surface area contributed by atoms with Crippen molar-refractivity contribution in [2.24, 2.45) is 0 Å². The number of anilines is 2. The Hall–Kier alpha value is -1.96. The van der Waals surface area contributed by atoms with Crippen LogP contribution in [0.2, 0.25) is 0 Å². The van der Waals surface area contributed by atoms with Crippen molar-refractivity contribution < 1.29 is 0 Å². The Balaban J connectivity index is 2.14. The molecule has 20 heavy (non-hydrogen) atoms. The number of hydrogen-bond acceptors (Lipinski definition) is 2. The maximum absolute atomic E-state index is 5.76. The van der Waals surface area contributed by atoms with Crippen LogP contribution in [0.4, 0.5) is 11.4 Å². The lowest BCUT2D eigenvalue weighted by Gasteiger charge is -2.29. The van der Waals surface area contributed by atoms with Gasteiger partial charge in [0.2, 0.25) is 0 Å². The minimum absolute atomic E-state index is 0.120. The van der Waals surface area contributed by atoms with Crippen molar-refractivity contribution in [3.05, 3.63) is 59.7 Å². The van der Waals surface area contributed by atoms with Crippen molar-refractivity contribution in [1.82, 2.24) is 0 Å². The number of benzene rings is 2. The van der Waals surface area contributed by atoms with E-state index in [9.17, 15) is 0 Å². The summed E-state index contributed by atoms with van der Waals surface area (Å²) in [5.74, 6) is 0.489. The highest BCUT2D eigenvalue weighted by Gasteiger charge is 2.24. The van der Waals surface area contributed by atoms with Crippen LogP contribution in [0.5, 0.6) is 0 Å². The Kier molecular flexibility index (Phi) is 4.03. The molecule has 0 saturated carbocycles. The van der Waals surface area contributed by atoms with Crippen LogP contribution in [0.25, 0.3) is 0 Å². The highest BCUT2D eigenvalue weighted by Crippen LogP contribution is 2.35. The van der Waals surface area contributed by atoms with Gasteiger partial charge in [-0.05, 0) is 53.1 Å². The van der Waals surface area contributed by atoms with E-state index in [2.05, 4.69) is 45.0 Å². The van der Waals surface area contributed by atoms with Crippen molar-refractivity contribution in [2.45, 2.75) is 38.5 Å². The maximum Gasteiger partial charge on any atom is 0.0314 e. The average Bonchev–Trinajstić information content (AvgIpc) is 2.39. The Morgan fingerprint density at radius 1 is 0.850 bits per heavy atom. The molecule has 0 aliphatic heterocycles. The smallest absolute Gasteiger partial charge is 0.0314 e. The monoisotopic (exact) mass is 268 g/mol. The highest BCUT2D eigenvalue weighted by molar-refractivity contribution is 5.42. The van der Waals surface area contributed by atoms with Crippen LogP contribution in [0.1, 0.15) is 44.2 Å². The van der Waals surface area contributed by atoms with Crippen LogP contribution in [0.3, 0.4) is 0 Å². The summed E-state index contributed by atoms with van der Waals surface area (Å²) < 4.78 is 0. The molecule has 0 aliphatic rings. The van der Waals surface area contributed by atoms with Crippen molar-refractivity contribution in [3.63, 3.8) is 0 Å². The van der Waals surface area contributed by atoms with E-state index in [0.717, 1.165) is 17.8 Å². The first-order chi connectivity index (χ1) is 9.38. The summed E-state index contributed by atoms with van der Waals surface area (Å²) in [6.45, 7) is 6.84. The fourth-order valence-corrected chi connectivity index (χ4v) is 2.76. The van der Waals surface area contributed by atoms with E-state index in [-0.39, 0.29) is 5.41 Å². The molecule has 4 N–H and O–H groups in total. The number of rotatable bonds is 4. The third-order valence-corrected chi connectivity index (χ3v) is 4.01. The van der Waals surface area contributed by atoms with E-state index in [0.29, 0.717) is 5.92 Å². The molecule has 2 heteroatoms. The lowest BCUT2D eigenvalue weighted by atomic mass is 9.76. The van der Waals surface area contributed by atoms with Gasteiger partial charge in [-0.15, -0.1) is 0 Å². The van der Waals surface area contributed by atoms with Gasteiger partial charge in [-0.1, -0.05) is 45.0 Å². The fraction of sp³-hybridized carbons (Fsp3) is 0.333. The van der Waals surface area contributed by atoms with E-state index in [1.807, 2.05) is 24.3 Å². The second kappa shape index (κ2) is 5.58. The van der Waals surface area contributed by atoms with Gasteiger partial charge in [-0.25, -0.2) is 0 Å². The van der Waals surface area contributed by atoms with Crippen LogP contribution >= 0.6 is 0 Å². The quantitative estimate of drug-likeness (QED) is 0.811. The van der Waals surface area contributed by atoms with E-state index in [4.69, 9.17) is 11.5 Å². The minimum Gasteiger partial charge on any atom is -0.399 e. The molecular weight excluding hydrogens is 244 g/mol. The largest absolute Gasteiger partial charge is 0.399 e. The number of nitrogen functional groups attached to an aromatic ring is 2. The predicted octanol–water partition coefficient (Wildman–Crippen LogP) is 4.32. The molecule has 2 aromatic rings. The zero-order valence-electron chi connectivity index (χ0n) is 12.6. The van der Waals surface area contributed by atoms with Gasteiger partial charge in [0.15, 0.2) is 0 Å². The average molecular weight is 268 g/mol. The normalized spacial score (nSPS) is 13.2. The summed E-state index contributed by atoms with van der Waals surface area (Å²) in [4.78, 5) is 0. The van der Waals surface area contributed by atoms with Crippen molar-refractivity contribution in [1.29, 1.82) is 0 Å². The molecule has 2 nitrogen and oxygen atoms in total. The maximum atomic E-state index is 5.76. The molecule has 0 heterocycles. The van der Waals surface area contributed by atoms with Gasteiger partial charge in [0.25, 0.3) is 0 Å². The van der Waals surface area contributed by atoms with Gasteiger partial charge < -0.3 is 11.5 Å². The van der Waals surface area contributed by atoms with Crippen LogP contribution in [-0.4, -0.2) is 0 Å². The molecule has 0 saturated heterocycles. The van der Waals surface area contributed by atoms with E-state index in [1.165, 1.54) is 11.1 Å². The molecule has 2 rings (SSSR count). The molecule has 0 radical (unpaired) electrons. The first-order valence-electron chi connectivity index (χ1n) is 7.10. The summed E-state index contributed by atoms with van der Waals surface area (Å²) in [6.07, 6.45) is 1.08. The molecule has 2 aromatic carbocycles. The van der Waals surface area contributed by atoms with Gasteiger partial charge in [0.05, 0.1) is 0 Å². The Morgan fingerprint density at radius 3 is 1.80 bits per heavy atom. The number of nitrogens with two attached hydrogens (primary N) is 2. The third-order valence-electron chi connectivity index (χ3n) is 4.01. The summed E-state index contributed by atoms with van der Waals surface area (Å²) in [6, 6.07) is 16.4. The summed E-state index contributed by atoms with van der Waals surface area (Å²) in [7, 11) is 0. The minimum atomic E-state index is 0.120. The van der Waals surface area contributed by atoms with Gasteiger partial charge in [-0.3, -0.25) is 0 Å². The lowest BCUT2D eigenvalue weighted by molar-refractivity contribution is 0.438. The molecule has 0 spiro atoms. The van der Waals surface area contributed by atoms with Crippen LogP contribution in [-0.2, 0) is 5.41 Å². The first-order valence-corrected chi connectivity index (χ1v) is 7.10. The molecule has 1 atom stereocenters. The van der Waals surface area contributed by atoms with E-state index in [1.54, 1.807) is 0 Å². The van der Waals surface area contributed by atoms with Crippen LogP contribution in [0, 0.1) is 0 Å². The SMILES string of the molecule is CC(CC(C)(C)c1ccc(N)cc1)c1ccc(N)cc1. The molecule has 0 aromatic heterocycles. The molecule has 0 bridgehead atoms. The number of hydrogen-bond donors (Lipinski definition) is 2. The molecule has 0 amide bonds. The van der Waals surface area contributed by atoms with Crippen molar-refractivity contribution in [3.8, 4) is 0 Å². The molecule has 106 valence electrons. The molecule has 1 unspecified atom stereocenters. The molecule has 0 aliphatic carbocycles. The van der Waals surface area contributed by atoms with Gasteiger partial charge in [0, 0.05) is 11.4 Å². The summed E-state index contributed by atoms with van der Waals surface area (Å²) >= 11 is 0. The van der Waals surface area contributed by atoms with Crippen LogP contribution in [0.15, 0.2) is 48.5 Å². The second-order valence-corrected chi connectivity index (χ2v) is 6.28.